The van der Waals surface area contributed by atoms with E-state index in [1.807, 2.05) is 11.3 Å². The molecule has 1 saturated heterocycles. The number of piperazine rings is 1. The molecule has 0 amide bonds. The van der Waals surface area contributed by atoms with Crippen LogP contribution in [0.5, 0.6) is 0 Å². The van der Waals surface area contributed by atoms with Gasteiger partial charge >= 0.3 is 0 Å². The molecular weight excluding hydrogens is 332 g/mol. The Bertz CT molecular complexity index is 432. The van der Waals surface area contributed by atoms with E-state index in [0.717, 1.165) is 6.54 Å². The zero-order chi connectivity index (χ0) is 14.8. The van der Waals surface area contributed by atoms with Crippen LogP contribution >= 0.6 is 27.3 Å². The van der Waals surface area contributed by atoms with Gasteiger partial charge in [0.1, 0.15) is 0 Å². The molecule has 2 nitrogen and oxygen atoms in total. The van der Waals surface area contributed by atoms with Crippen LogP contribution in [0.3, 0.4) is 0 Å². The summed E-state index contributed by atoms with van der Waals surface area (Å²) in [7, 11) is 0. The number of thiophene rings is 1. The van der Waals surface area contributed by atoms with Gasteiger partial charge in [-0.1, -0.05) is 20.8 Å². The number of hydrogen-bond acceptors (Lipinski definition) is 3. The lowest BCUT2D eigenvalue weighted by molar-refractivity contribution is 0.0615. The molecule has 1 aliphatic rings. The molecule has 1 N–H and O–H groups in total. The van der Waals surface area contributed by atoms with Gasteiger partial charge < -0.3 is 5.32 Å². The second kappa shape index (κ2) is 6.91. The van der Waals surface area contributed by atoms with Gasteiger partial charge in [0.15, 0.2) is 0 Å². The van der Waals surface area contributed by atoms with Crippen molar-refractivity contribution in [3.8, 4) is 0 Å². The van der Waals surface area contributed by atoms with Crippen molar-refractivity contribution >= 4 is 27.3 Å². The van der Waals surface area contributed by atoms with Crippen LogP contribution < -0.4 is 5.32 Å². The van der Waals surface area contributed by atoms with E-state index in [2.05, 4.69) is 66.0 Å². The first-order chi connectivity index (χ1) is 9.43. The summed E-state index contributed by atoms with van der Waals surface area (Å²) in [6.07, 6.45) is 2.36. The van der Waals surface area contributed by atoms with Gasteiger partial charge in [-0.3, -0.25) is 4.90 Å². The minimum atomic E-state index is 0.279. The monoisotopic (exact) mass is 358 g/mol. The van der Waals surface area contributed by atoms with Gasteiger partial charge in [-0.05, 0) is 53.7 Å². The zero-order valence-electron chi connectivity index (χ0n) is 13.1. The molecule has 2 unspecified atom stereocenters. The molecule has 2 heterocycles. The lowest BCUT2D eigenvalue weighted by Crippen LogP contribution is -2.64. The molecule has 0 saturated carbocycles. The Labute approximate surface area is 136 Å². The fourth-order valence-electron chi connectivity index (χ4n) is 2.98. The van der Waals surface area contributed by atoms with Crippen LogP contribution in [0.15, 0.2) is 15.9 Å². The maximum Gasteiger partial charge on any atom is 0.0701 e. The van der Waals surface area contributed by atoms with Gasteiger partial charge in [0.2, 0.25) is 0 Å². The second-order valence-corrected chi connectivity index (χ2v) is 9.08. The van der Waals surface area contributed by atoms with Crippen molar-refractivity contribution in [2.24, 2.45) is 5.92 Å². The van der Waals surface area contributed by atoms with Crippen molar-refractivity contribution < 1.29 is 0 Å². The summed E-state index contributed by atoms with van der Waals surface area (Å²) in [6, 6.07) is 5.08. The Morgan fingerprint density at radius 2 is 2.25 bits per heavy atom. The minimum Gasteiger partial charge on any atom is -0.309 e. The zero-order valence-corrected chi connectivity index (χ0v) is 15.5. The molecule has 1 fully saturated rings. The third-order valence-electron chi connectivity index (χ3n) is 4.58. The van der Waals surface area contributed by atoms with Crippen LogP contribution in [0, 0.1) is 5.92 Å². The normalized spacial score (nSPS) is 28.2. The summed E-state index contributed by atoms with van der Waals surface area (Å²) in [6.45, 7) is 12.8. The maximum absolute atomic E-state index is 3.76. The number of hydrogen-bond donors (Lipinski definition) is 1. The molecule has 0 spiro atoms. The summed E-state index contributed by atoms with van der Waals surface area (Å²) >= 11 is 5.42. The number of halogens is 1. The number of rotatable bonds is 5. The van der Waals surface area contributed by atoms with Crippen molar-refractivity contribution in [3.63, 3.8) is 0 Å². The van der Waals surface area contributed by atoms with Crippen LogP contribution in [0.4, 0.5) is 0 Å². The van der Waals surface area contributed by atoms with E-state index < -0.39 is 0 Å². The first kappa shape index (κ1) is 16.5. The highest BCUT2D eigenvalue weighted by Gasteiger charge is 2.35. The van der Waals surface area contributed by atoms with E-state index >= 15 is 0 Å². The van der Waals surface area contributed by atoms with E-state index in [-0.39, 0.29) is 5.54 Å². The molecule has 1 aliphatic heterocycles. The SMILES string of the molecule is CCC1(C)CN(CCc2ccc(Br)s2)C(C(C)C)CN1. The average Bonchev–Trinajstić information content (AvgIpc) is 2.82. The van der Waals surface area contributed by atoms with Crippen molar-refractivity contribution in [3.05, 3.63) is 20.8 Å². The summed E-state index contributed by atoms with van der Waals surface area (Å²) in [5.41, 5.74) is 0.279. The predicted molar refractivity (Wildman–Crippen MR) is 92.6 cm³/mol. The Morgan fingerprint density at radius 1 is 1.50 bits per heavy atom. The highest BCUT2D eigenvalue weighted by atomic mass is 79.9. The van der Waals surface area contributed by atoms with E-state index in [1.54, 1.807) is 0 Å². The molecule has 4 heteroatoms. The topological polar surface area (TPSA) is 15.3 Å². The van der Waals surface area contributed by atoms with Gasteiger partial charge in [-0.2, -0.15) is 0 Å². The Morgan fingerprint density at radius 3 is 2.80 bits per heavy atom. The van der Waals surface area contributed by atoms with Crippen molar-refractivity contribution in [1.29, 1.82) is 0 Å². The summed E-state index contributed by atoms with van der Waals surface area (Å²) in [5.74, 6) is 0.707. The molecule has 114 valence electrons. The first-order valence-electron chi connectivity index (χ1n) is 7.67. The van der Waals surface area contributed by atoms with Crippen LogP contribution in [0.1, 0.15) is 39.0 Å². The van der Waals surface area contributed by atoms with E-state index in [0.29, 0.717) is 12.0 Å². The van der Waals surface area contributed by atoms with E-state index in [9.17, 15) is 0 Å². The Balaban J connectivity index is 2.00. The molecule has 20 heavy (non-hydrogen) atoms. The van der Waals surface area contributed by atoms with Crippen LogP contribution in [-0.2, 0) is 6.42 Å². The third kappa shape index (κ3) is 4.06. The fourth-order valence-corrected chi connectivity index (χ4v) is 4.45. The third-order valence-corrected chi connectivity index (χ3v) is 6.27. The van der Waals surface area contributed by atoms with E-state index in [4.69, 9.17) is 0 Å². The van der Waals surface area contributed by atoms with Gasteiger partial charge in [0, 0.05) is 36.1 Å². The fraction of sp³-hybridized carbons (Fsp3) is 0.750. The maximum atomic E-state index is 3.76. The Kier molecular flexibility index (Phi) is 5.69. The lowest BCUT2D eigenvalue weighted by atomic mass is 9.90. The molecule has 1 aromatic heterocycles. The van der Waals surface area contributed by atoms with Crippen LogP contribution in [0.2, 0.25) is 0 Å². The van der Waals surface area contributed by atoms with Gasteiger partial charge in [-0.15, -0.1) is 11.3 Å². The van der Waals surface area contributed by atoms with Gasteiger partial charge in [-0.25, -0.2) is 0 Å². The first-order valence-corrected chi connectivity index (χ1v) is 9.28. The summed E-state index contributed by atoms with van der Waals surface area (Å²) in [5, 5.41) is 3.76. The highest BCUT2D eigenvalue weighted by Crippen LogP contribution is 2.25. The number of nitrogens with one attached hydrogen (secondary N) is 1. The smallest absolute Gasteiger partial charge is 0.0701 e. The average molecular weight is 359 g/mol. The molecule has 1 aromatic rings. The molecule has 0 aliphatic carbocycles. The highest BCUT2D eigenvalue weighted by molar-refractivity contribution is 9.11. The molecule has 0 radical (unpaired) electrons. The molecule has 0 bridgehead atoms. The predicted octanol–water partition coefficient (Wildman–Crippen LogP) is 4.15. The van der Waals surface area contributed by atoms with Gasteiger partial charge in [0.05, 0.1) is 3.79 Å². The van der Waals surface area contributed by atoms with E-state index in [1.165, 1.54) is 34.6 Å². The quantitative estimate of drug-likeness (QED) is 0.850. The summed E-state index contributed by atoms with van der Waals surface area (Å²) < 4.78 is 1.24. The molecule has 0 aromatic carbocycles. The van der Waals surface area contributed by atoms with Crippen molar-refractivity contribution in [2.45, 2.75) is 52.1 Å². The number of nitrogens with zero attached hydrogens (tertiary/aromatic N) is 1. The lowest BCUT2D eigenvalue weighted by Gasteiger charge is -2.47. The second-order valence-electron chi connectivity index (χ2n) is 6.53. The van der Waals surface area contributed by atoms with Gasteiger partial charge in [0.25, 0.3) is 0 Å². The van der Waals surface area contributed by atoms with Crippen LogP contribution in [-0.4, -0.2) is 36.1 Å². The molecular formula is C16H27BrN2S. The van der Waals surface area contributed by atoms with Crippen molar-refractivity contribution in [2.75, 3.05) is 19.6 Å². The molecule has 2 rings (SSSR count). The summed E-state index contributed by atoms with van der Waals surface area (Å²) in [4.78, 5) is 4.19. The van der Waals surface area contributed by atoms with Crippen molar-refractivity contribution in [1.82, 2.24) is 10.2 Å². The van der Waals surface area contributed by atoms with Crippen LogP contribution in [0.25, 0.3) is 0 Å². The largest absolute Gasteiger partial charge is 0.309 e. The standard InChI is InChI=1S/C16H27BrN2S/c1-5-16(4)11-19(14(10-18-16)12(2)3)9-8-13-6-7-15(17)20-13/h6-7,12,14,18H,5,8-11H2,1-4H3. The Hall–Kier alpha value is 0.1000. The minimum absolute atomic E-state index is 0.279. The molecule has 2 atom stereocenters.